The van der Waals surface area contributed by atoms with E-state index in [-0.39, 0.29) is 109 Å². The fraction of sp³-hybridized carbons (Fsp3) is 0.154. The van der Waals surface area contributed by atoms with Crippen LogP contribution in [-0.4, -0.2) is 115 Å². The summed E-state index contributed by atoms with van der Waals surface area (Å²) in [5.74, 6) is -6.97. The number of benzene rings is 4. The third kappa shape index (κ3) is 8.38. The number of rotatable bonds is 8. The summed E-state index contributed by atoms with van der Waals surface area (Å²) in [6.07, 6.45) is 0. The van der Waals surface area contributed by atoms with Gasteiger partial charge < -0.3 is 47.9 Å². The quantitative estimate of drug-likeness (QED) is 0.0856. The molecule has 4 aromatic carbocycles. The molecule has 0 unspecified atom stereocenters. The number of hydrogen-bond acceptors (Lipinski definition) is 18. The summed E-state index contributed by atoms with van der Waals surface area (Å²) in [6.45, 7) is 0. The van der Waals surface area contributed by atoms with Gasteiger partial charge in [-0.15, -0.1) is 22.1 Å². The maximum Gasteiger partial charge on any atom is 2.00 e. The normalized spacial score (nSPS) is 11.1. The van der Waals surface area contributed by atoms with Crippen LogP contribution in [-0.2, 0) is 57.4 Å². The minimum absolute atomic E-state index is 0. The molecule has 0 saturated heterocycles. The molecule has 0 spiro atoms. The van der Waals surface area contributed by atoms with E-state index in [9.17, 15) is 38.4 Å². The van der Waals surface area contributed by atoms with E-state index in [2.05, 4.69) is 0 Å². The molecule has 9 rings (SSSR count). The molecule has 0 N–H and O–H groups in total. The van der Waals surface area contributed by atoms with Crippen molar-refractivity contribution in [3.8, 4) is 45.0 Å². The number of ether oxygens (including phenoxy) is 8. The predicted molar refractivity (Wildman–Crippen MR) is 254 cm³/mol. The average Bonchev–Trinajstić information content (AvgIpc) is 4.13. The Bertz CT molecular complexity index is 3340. The molecule has 362 valence electrons. The molecular formula is C52H36N4O16Zn. The number of hydrogen-bond donors (Lipinski definition) is 0. The molecule has 0 radical (unpaired) electrons. The molecule has 0 fully saturated rings. The topological polar surface area (TPSA) is 264 Å². The Morgan fingerprint density at radius 1 is 0.288 bits per heavy atom. The summed E-state index contributed by atoms with van der Waals surface area (Å²) in [5.41, 5.74) is 1.28. The third-order valence-electron chi connectivity index (χ3n) is 12.1. The van der Waals surface area contributed by atoms with Crippen LogP contribution < -0.4 is 9.97 Å². The van der Waals surface area contributed by atoms with Crippen LogP contribution >= 0.6 is 0 Å². The number of methoxy groups -OCH3 is 8. The molecule has 73 heavy (non-hydrogen) atoms. The molecule has 0 atom stereocenters. The van der Waals surface area contributed by atoms with E-state index in [0.717, 1.165) is 56.9 Å². The van der Waals surface area contributed by atoms with Crippen LogP contribution in [0.2, 0.25) is 0 Å². The molecule has 20 nitrogen and oxygen atoms in total. The smallest absolute Gasteiger partial charge is 0.657 e. The van der Waals surface area contributed by atoms with Crippen molar-refractivity contribution in [2.75, 3.05) is 56.9 Å². The van der Waals surface area contributed by atoms with Crippen molar-refractivity contribution in [2.24, 2.45) is 0 Å². The first kappa shape index (κ1) is 50.3. The molecule has 3 aromatic heterocycles. The maximum atomic E-state index is 13.3. The summed E-state index contributed by atoms with van der Waals surface area (Å²) in [7, 11) is 9.16. The van der Waals surface area contributed by atoms with E-state index in [4.69, 9.17) is 57.8 Å². The number of aromatic nitrogens is 4. The summed E-state index contributed by atoms with van der Waals surface area (Å²) in [5, 5.41) is 1.20. The van der Waals surface area contributed by atoms with Gasteiger partial charge in [0.15, 0.2) is 0 Å². The number of nitrogens with zero attached hydrogens (tertiary/aromatic N) is 4. The van der Waals surface area contributed by atoms with Crippen LogP contribution in [0.3, 0.4) is 0 Å². The molecule has 0 amide bonds. The number of esters is 8. The van der Waals surface area contributed by atoms with Crippen LogP contribution in [0.1, 0.15) is 82.9 Å². The van der Waals surface area contributed by atoms with Crippen LogP contribution in [0.5, 0.6) is 0 Å². The first-order valence-corrected chi connectivity index (χ1v) is 21.2. The van der Waals surface area contributed by atoms with Crippen LogP contribution in [0.4, 0.5) is 0 Å². The molecule has 2 aliphatic rings. The van der Waals surface area contributed by atoms with E-state index in [0.29, 0.717) is 43.8 Å². The Morgan fingerprint density at radius 3 is 0.616 bits per heavy atom. The molecular weight excluding hydrogens is 1000 g/mol. The molecule has 5 heterocycles. The van der Waals surface area contributed by atoms with Crippen LogP contribution in [0.25, 0.3) is 88.6 Å². The minimum Gasteiger partial charge on any atom is -0.657 e. The van der Waals surface area contributed by atoms with Gasteiger partial charge in [0.2, 0.25) is 0 Å². The summed E-state index contributed by atoms with van der Waals surface area (Å²) >= 11 is 0. The maximum absolute atomic E-state index is 13.3. The van der Waals surface area contributed by atoms with Crippen molar-refractivity contribution in [3.63, 3.8) is 0 Å². The first-order valence-electron chi connectivity index (χ1n) is 21.2. The van der Waals surface area contributed by atoms with Gasteiger partial charge in [0, 0.05) is 22.3 Å². The number of carbonyl (C=O) groups excluding carboxylic acids is 8. The van der Waals surface area contributed by atoms with Gasteiger partial charge in [-0.25, -0.2) is 48.3 Å². The molecule has 8 bridgehead atoms. The standard InChI is InChI=1S/C52H38N4O16.Zn/c1-65-45(57)29-9-21-22(10-30(29)46(58)66-2)38-18-40-25-13-33(49(61)69-5)34(50(62)70-6)14-26(25)42(55-40)20-44-28-16-36(52(64)72-8)35(51(63)71-7)15-27(28)43(56-44)19-41-24-12-32(48(60)68-4)31(47(59)67-3)11-23(24)39(54-41)17-37(21)53-38;/h9-20H,1-8H3,(H2,53,54,55,56,57,58,59,60,61,62,63,64);/q;+2/p-2. The minimum atomic E-state index is -0.872. The van der Waals surface area contributed by atoms with E-state index in [1.807, 2.05) is 0 Å². The van der Waals surface area contributed by atoms with Gasteiger partial charge in [0.05, 0.1) is 124 Å². The summed E-state index contributed by atoms with van der Waals surface area (Å²) < 4.78 is 40.6. The van der Waals surface area contributed by atoms with Gasteiger partial charge >= 0.3 is 67.2 Å². The third-order valence-corrected chi connectivity index (χ3v) is 12.1. The SMILES string of the molecule is COC(=O)c1cc2c(cc1C(=O)OC)-c1cc3[n-]c(cc4nc(cc5[n-]c(cc-2n1)c1cc(C(=O)OC)c(C(=O)OC)cc51)-c1cc(C(=O)OC)c(C(=O)OC)cc1-4)c1cc(C(=O)OC)c(C(=O)OC)cc31.[Zn+2]. The van der Waals surface area contributed by atoms with Crippen LogP contribution in [0.15, 0.2) is 72.8 Å². The van der Waals surface area contributed by atoms with Crippen molar-refractivity contribution in [1.29, 1.82) is 0 Å². The number of carbonyl (C=O) groups is 8. The largest absolute Gasteiger partial charge is 2.00 e. The Balaban J connectivity index is 0.00000711. The van der Waals surface area contributed by atoms with Crippen molar-refractivity contribution in [2.45, 2.75) is 0 Å². The van der Waals surface area contributed by atoms with E-state index >= 15 is 0 Å². The second kappa shape index (κ2) is 19.6. The van der Waals surface area contributed by atoms with E-state index < -0.39 is 47.8 Å². The van der Waals surface area contributed by atoms with Gasteiger partial charge in [-0.2, -0.15) is 0 Å². The monoisotopic (exact) mass is 1040 g/mol. The van der Waals surface area contributed by atoms with Gasteiger partial charge in [-0.3, -0.25) is 0 Å². The molecule has 21 heteroatoms. The van der Waals surface area contributed by atoms with Gasteiger partial charge in [-0.1, -0.05) is 0 Å². The Hall–Kier alpha value is -9.10. The fourth-order valence-corrected chi connectivity index (χ4v) is 8.72. The van der Waals surface area contributed by atoms with E-state index in [1.165, 1.54) is 48.5 Å². The van der Waals surface area contributed by atoms with Gasteiger partial charge in [0.25, 0.3) is 0 Å². The molecule has 7 aromatic rings. The molecule has 0 aliphatic carbocycles. The Labute approximate surface area is 424 Å². The zero-order chi connectivity index (χ0) is 51.4. The van der Waals surface area contributed by atoms with Crippen molar-refractivity contribution < 1.29 is 95.7 Å². The number of fused-ring (bicyclic) bond motifs is 20. The van der Waals surface area contributed by atoms with Gasteiger partial charge in [-0.05, 0) is 94.3 Å². The van der Waals surface area contributed by atoms with Gasteiger partial charge in [0.1, 0.15) is 0 Å². The predicted octanol–water partition coefficient (Wildman–Crippen LogP) is 6.84. The zero-order valence-electron chi connectivity index (χ0n) is 40.0. The van der Waals surface area contributed by atoms with Crippen LogP contribution in [0, 0.1) is 0 Å². The average molecular weight is 1040 g/mol. The Kier molecular flexibility index (Phi) is 13.5. The molecule has 0 saturated carbocycles. The van der Waals surface area contributed by atoms with E-state index in [1.54, 1.807) is 24.3 Å². The Morgan fingerprint density at radius 2 is 0.452 bits per heavy atom. The molecule has 2 aliphatic heterocycles. The van der Waals surface area contributed by atoms with Crippen molar-refractivity contribution in [1.82, 2.24) is 19.9 Å². The first-order chi connectivity index (χ1) is 34.6. The zero-order valence-corrected chi connectivity index (χ0v) is 42.9. The fourth-order valence-electron chi connectivity index (χ4n) is 8.72. The second-order valence-corrected chi connectivity index (χ2v) is 15.8. The summed E-state index contributed by atoms with van der Waals surface area (Å²) in [6, 6.07) is 17.4. The summed E-state index contributed by atoms with van der Waals surface area (Å²) in [4.78, 5) is 127. The second-order valence-electron chi connectivity index (χ2n) is 15.8. The van der Waals surface area contributed by atoms with Crippen molar-refractivity contribution in [3.05, 3.63) is 117 Å². The van der Waals surface area contributed by atoms with Crippen molar-refractivity contribution >= 4 is 91.4 Å².